The minimum atomic E-state index is 0.600. The minimum absolute atomic E-state index is 0.600. The second kappa shape index (κ2) is 3.48. The van der Waals surface area contributed by atoms with Gasteiger partial charge in [0.05, 0.1) is 0 Å². The van der Waals surface area contributed by atoms with Crippen LogP contribution in [0.5, 0.6) is 0 Å². The first-order chi connectivity index (χ1) is 7.27. The molecule has 0 bridgehead atoms. The summed E-state index contributed by atoms with van der Waals surface area (Å²) in [5.41, 5.74) is 6.23. The summed E-state index contributed by atoms with van der Waals surface area (Å²) in [6.45, 7) is 2.28. The number of halogens is 1. The summed E-state index contributed by atoms with van der Waals surface area (Å²) < 4.78 is 1.34. The SMILES string of the molecule is CC1C=Cc2c1cc(Br)c1c2CCCC1. The third kappa shape index (κ3) is 1.40. The Balaban J connectivity index is 2.25. The first-order valence-corrected chi connectivity index (χ1v) is 6.59. The summed E-state index contributed by atoms with van der Waals surface area (Å²) >= 11 is 3.74. The smallest absolute Gasteiger partial charge is 0.0213 e. The molecule has 1 aromatic rings. The fourth-order valence-corrected chi connectivity index (χ4v) is 3.54. The van der Waals surface area contributed by atoms with Crippen molar-refractivity contribution in [1.82, 2.24) is 0 Å². The van der Waals surface area contributed by atoms with Crippen molar-refractivity contribution in [3.8, 4) is 0 Å². The zero-order valence-corrected chi connectivity index (χ0v) is 10.6. The van der Waals surface area contributed by atoms with Gasteiger partial charge in [0.25, 0.3) is 0 Å². The number of hydrogen-bond donors (Lipinski definition) is 0. The van der Waals surface area contributed by atoms with Crippen molar-refractivity contribution in [2.24, 2.45) is 0 Å². The van der Waals surface area contributed by atoms with Crippen LogP contribution < -0.4 is 0 Å². The molecule has 1 aromatic carbocycles. The van der Waals surface area contributed by atoms with E-state index in [1.807, 2.05) is 0 Å². The van der Waals surface area contributed by atoms with Gasteiger partial charge in [0, 0.05) is 4.47 Å². The van der Waals surface area contributed by atoms with E-state index in [1.54, 1.807) is 11.1 Å². The molecular formula is C14H15Br. The molecule has 1 atom stereocenters. The number of hydrogen-bond acceptors (Lipinski definition) is 0. The fraction of sp³-hybridized carbons (Fsp3) is 0.429. The van der Waals surface area contributed by atoms with E-state index in [9.17, 15) is 0 Å². The van der Waals surface area contributed by atoms with Gasteiger partial charge >= 0.3 is 0 Å². The van der Waals surface area contributed by atoms with Crippen molar-refractivity contribution >= 4 is 22.0 Å². The van der Waals surface area contributed by atoms with Gasteiger partial charge in [-0.25, -0.2) is 0 Å². The van der Waals surface area contributed by atoms with E-state index < -0.39 is 0 Å². The Labute approximate surface area is 99.5 Å². The van der Waals surface area contributed by atoms with Crippen LogP contribution in [0.3, 0.4) is 0 Å². The highest BCUT2D eigenvalue weighted by Crippen LogP contribution is 2.40. The molecule has 2 aliphatic rings. The summed E-state index contributed by atoms with van der Waals surface area (Å²) in [6.07, 6.45) is 9.89. The Bertz CT molecular complexity index is 443. The Kier molecular flexibility index (Phi) is 2.24. The summed E-state index contributed by atoms with van der Waals surface area (Å²) in [5.74, 6) is 0.600. The average molecular weight is 263 g/mol. The van der Waals surface area contributed by atoms with Crippen LogP contribution in [0, 0.1) is 0 Å². The quantitative estimate of drug-likeness (QED) is 0.648. The third-order valence-electron chi connectivity index (χ3n) is 3.72. The average Bonchev–Trinajstić information content (AvgIpc) is 2.62. The number of fused-ring (bicyclic) bond motifs is 3. The predicted octanol–water partition coefficient (Wildman–Crippen LogP) is 4.46. The fourth-order valence-electron chi connectivity index (χ4n) is 2.86. The van der Waals surface area contributed by atoms with Crippen molar-refractivity contribution < 1.29 is 0 Å². The number of allylic oxidation sites excluding steroid dienone is 1. The highest BCUT2D eigenvalue weighted by Gasteiger charge is 2.22. The Morgan fingerprint density at radius 3 is 2.73 bits per heavy atom. The largest absolute Gasteiger partial charge is 0.0766 e. The van der Waals surface area contributed by atoms with E-state index >= 15 is 0 Å². The lowest BCUT2D eigenvalue weighted by atomic mass is 9.86. The summed E-state index contributed by atoms with van der Waals surface area (Å²) in [6, 6.07) is 2.34. The molecule has 0 saturated carbocycles. The van der Waals surface area contributed by atoms with Gasteiger partial charge in [-0.2, -0.15) is 0 Å². The van der Waals surface area contributed by atoms with Crippen LogP contribution in [0.1, 0.15) is 47.9 Å². The van der Waals surface area contributed by atoms with Crippen LogP contribution in [-0.4, -0.2) is 0 Å². The van der Waals surface area contributed by atoms with Crippen LogP contribution in [0.15, 0.2) is 16.6 Å². The third-order valence-corrected chi connectivity index (χ3v) is 4.42. The molecule has 0 saturated heterocycles. The van der Waals surface area contributed by atoms with Gasteiger partial charge < -0.3 is 0 Å². The van der Waals surface area contributed by atoms with Gasteiger partial charge in [0.15, 0.2) is 0 Å². The summed E-state index contributed by atoms with van der Waals surface area (Å²) in [5, 5.41) is 0. The van der Waals surface area contributed by atoms with Crippen molar-refractivity contribution in [1.29, 1.82) is 0 Å². The van der Waals surface area contributed by atoms with Gasteiger partial charge in [0.2, 0.25) is 0 Å². The Morgan fingerprint density at radius 2 is 1.93 bits per heavy atom. The molecule has 3 rings (SSSR count). The summed E-state index contributed by atoms with van der Waals surface area (Å²) in [4.78, 5) is 0. The molecule has 0 fully saturated rings. The first kappa shape index (κ1) is 9.65. The Morgan fingerprint density at radius 1 is 1.20 bits per heavy atom. The zero-order valence-electron chi connectivity index (χ0n) is 9.02. The molecule has 0 aliphatic heterocycles. The maximum absolute atomic E-state index is 3.74. The van der Waals surface area contributed by atoms with Crippen LogP contribution in [0.25, 0.3) is 6.08 Å². The van der Waals surface area contributed by atoms with Crippen LogP contribution in [0.2, 0.25) is 0 Å². The zero-order chi connectivity index (χ0) is 10.4. The first-order valence-electron chi connectivity index (χ1n) is 5.79. The lowest BCUT2D eigenvalue weighted by Crippen LogP contribution is -2.07. The highest BCUT2D eigenvalue weighted by atomic mass is 79.9. The predicted molar refractivity (Wildman–Crippen MR) is 68.2 cm³/mol. The van der Waals surface area contributed by atoms with E-state index in [4.69, 9.17) is 0 Å². The van der Waals surface area contributed by atoms with Crippen LogP contribution >= 0.6 is 15.9 Å². The van der Waals surface area contributed by atoms with Gasteiger partial charge in [-0.1, -0.05) is 35.0 Å². The maximum atomic E-state index is 3.74. The van der Waals surface area contributed by atoms with E-state index in [1.165, 1.54) is 41.3 Å². The lowest BCUT2D eigenvalue weighted by molar-refractivity contribution is 0.680. The molecular weight excluding hydrogens is 248 g/mol. The Hall–Kier alpha value is -0.560. The molecule has 1 unspecified atom stereocenters. The molecule has 0 radical (unpaired) electrons. The highest BCUT2D eigenvalue weighted by molar-refractivity contribution is 9.10. The molecule has 15 heavy (non-hydrogen) atoms. The standard InChI is InChI=1S/C14H15Br/c1-9-6-7-11-10-4-2-3-5-12(10)14(15)8-13(9)11/h6-9H,2-5H2,1H3. The molecule has 0 N–H and O–H groups in total. The topological polar surface area (TPSA) is 0 Å². The van der Waals surface area contributed by atoms with Crippen molar-refractivity contribution in [2.45, 2.75) is 38.5 Å². The second-order valence-corrected chi connectivity index (χ2v) is 5.53. The maximum Gasteiger partial charge on any atom is 0.0213 e. The summed E-state index contributed by atoms with van der Waals surface area (Å²) in [7, 11) is 0. The number of rotatable bonds is 0. The lowest BCUT2D eigenvalue weighted by Gasteiger charge is -2.21. The van der Waals surface area contributed by atoms with E-state index in [0.29, 0.717) is 5.92 Å². The molecule has 1 heteroatoms. The van der Waals surface area contributed by atoms with Crippen molar-refractivity contribution in [3.63, 3.8) is 0 Å². The van der Waals surface area contributed by atoms with Gasteiger partial charge in [0.1, 0.15) is 0 Å². The van der Waals surface area contributed by atoms with Gasteiger partial charge in [-0.3, -0.25) is 0 Å². The number of benzene rings is 1. The van der Waals surface area contributed by atoms with E-state index in [2.05, 4.69) is 41.1 Å². The van der Waals surface area contributed by atoms with E-state index in [0.717, 1.165) is 0 Å². The molecule has 78 valence electrons. The molecule has 2 aliphatic carbocycles. The van der Waals surface area contributed by atoms with Gasteiger partial charge in [-0.15, -0.1) is 0 Å². The normalized spacial score (nSPS) is 22.7. The second-order valence-electron chi connectivity index (χ2n) is 4.67. The van der Waals surface area contributed by atoms with Crippen molar-refractivity contribution in [3.05, 3.63) is 38.9 Å². The van der Waals surface area contributed by atoms with Crippen LogP contribution in [0.4, 0.5) is 0 Å². The molecule has 0 nitrogen and oxygen atoms in total. The minimum Gasteiger partial charge on any atom is -0.0766 e. The van der Waals surface area contributed by atoms with Crippen molar-refractivity contribution in [2.75, 3.05) is 0 Å². The molecule has 0 spiro atoms. The molecule has 0 aromatic heterocycles. The van der Waals surface area contributed by atoms with Crippen LogP contribution in [-0.2, 0) is 12.8 Å². The monoisotopic (exact) mass is 262 g/mol. The van der Waals surface area contributed by atoms with Gasteiger partial charge in [-0.05, 0) is 59.9 Å². The molecule has 0 amide bonds. The van der Waals surface area contributed by atoms with E-state index in [-0.39, 0.29) is 0 Å². The molecule has 0 heterocycles.